The summed E-state index contributed by atoms with van der Waals surface area (Å²) in [5, 5.41) is 25.9. The Hall–Kier alpha value is -2.64. The van der Waals surface area contributed by atoms with Crippen molar-refractivity contribution in [3.05, 3.63) is 33.9 Å². The summed E-state index contributed by atoms with van der Waals surface area (Å²) in [4.78, 5) is 33.9. The number of nitro groups is 1. The molecule has 1 atom stereocenters. The molecule has 1 aromatic carbocycles. The Balaban J connectivity index is 3.08. The molecule has 3 N–H and O–H groups in total. The van der Waals surface area contributed by atoms with Crippen LogP contribution in [0, 0.1) is 10.1 Å². The van der Waals surface area contributed by atoms with Crippen LogP contribution >= 0.6 is 0 Å². The van der Waals surface area contributed by atoms with Crippen LogP contribution in [0.25, 0.3) is 0 Å². The monoisotopic (exact) mass is 337 g/mol. The van der Waals surface area contributed by atoms with E-state index in [-0.39, 0.29) is 23.0 Å². The molecule has 0 aliphatic heterocycles. The average Bonchev–Trinajstić information content (AvgIpc) is 2.50. The zero-order valence-electron chi connectivity index (χ0n) is 14.0. The number of unbranched alkanes of at least 4 members (excludes halogenated alkanes) is 1. The van der Waals surface area contributed by atoms with Crippen molar-refractivity contribution in [3.63, 3.8) is 0 Å². The van der Waals surface area contributed by atoms with Gasteiger partial charge in [0.25, 0.3) is 11.6 Å². The number of carbonyl (C=O) groups excluding carboxylic acids is 1. The summed E-state index contributed by atoms with van der Waals surface area (Å²) in [7, 11) is 0. The summed E-state index contributed by atoms with van der Waals surface area (Å²) in [5.74, 6) is -1.49. The first-order chi connectivity index (χ1) is 11.3. The quantitative estimate of drug-likeness (QED) is 0.470. The second kappa shape index (κ2) is 8.85. The molecule has 132 valence electrons. The molecule has 1 aromatic rings. The van der Waals surface area contributed by atoms with Crippen LogP contribution in [-0.4, -0.2) is 34.0 Å². The third-order valence-electron chi connectivity index (χ3n) is 3.35. The van der Waals surface area contributed by atoms with Crippen molar-refractivity contribution in [3.8, 4) is 0 Å². The highest BCUT2D eigenvalue weighted by atomic mass is 16.6. The van der Waals surface area contributed by atoms with Crippen LogP contribution in [0.15, 0.2) is 18.2 Å². The van der Waals surface area contributed by atoms with E-state index in [1.807, 2.05) is 6.92 Å². The molecule has 0 radical (unpaired) electrons. The number of hydrogen-bond acceptors (Lipinski definition) is 5. The minimum atomic E-state index is -1.07. The van der Waals surface area contributed by atoms with E-state index in [0.29, 0.717) is 12.8 Å². The predicted octanol–water partition coefficient (Wildman–Crippen LogP) is 2.79. The largest absolute Gasteiger partial charge is 0.480 e. The van der Waals surface area contributed by atoms with Crippen LogP contribution in [0.1, 0.15) is 50.4 Å². The number of hydrogen-bond donors (Lipinski definition) is 3. The van der Waals surface area contributed by atoms with E-state index in [2.05, 4.69) is 10.6 Å². The summed E-state index contributed by atoms with van der Waals surface area (Å²) in [5.41, 5.74) is -0.0832. The van der Waals surface area contributed by atoms with Gasteiger partial charge in [0.15, 0.2) is 0 Å². The molecule has 0 aliphatic carbocycles. The number of anilines is 1. The molecular formula is C16H23N3O5. The van der Waals surface area contributed by atoms with Crippen LogP contribution in [0.2, 0.25) is 0 Å². The van der Waals surface area contributed by atoms with Gasteiger partial charge in [0.1, 0.15) is 11.7 Å². The van der Waals surface area contributed by atoms with Crippen LogP contribution < -0.4 is 10.6 Å². The lowest BCUT2D eigenvalue weighted by molar-refractivity contribution is -0.384. The zero-order valence-corrected chi connectivity index (χ0v) is 14.0. The topological polar surface area (TPSA) is 122 Å². The van der Waals surface area contributed by atoms with Crippen LogP contribution in [-0.2, 0) is 4.79 Å². The lowest BCUT2D eigenvalue weighted by Gasteiger charge is -2.16. The molecule has 1 rings (SSSR count). The lowest BCUT2D eigenvalue weighted by atomic mass is 10.1. The minimum absolute atomic E-state index is 0.0876. The fourth-order valence-corrected chi connectivity index (χ4v) is 2.14. The Morgan fingerprint density at radius 3 is 2.50 bits per heavy atom. The summed E-state index contributed by atoms with van der Waals surface area (Å²) in [6.45, 7) is 5.50. The van der Waals surface area contributed by atoms with Crippen molar-refractivity contribution in [1.29, 1.82) is 0 Å². The van der Waals surface area contributed by atoms with E-state index in [1.165, 1.54) is 12.1 Å². The molecule has 1 amide bonds. The Labute approximate surface area is 140 Å². The number of carboxylic acid groups (broad SMARTS) is 1. The highest BCUT2D eigenvalue weighted by Gasteiger charge is 2.23. The third-order valence-corrected chi connectivity index (χ3v) is 3.35. The van der Waals surface area contributed by atoms with Gasteiger partial charge in [-0.1, -0.05) is 19.8 Å². The molecule has 0 heterocycles. The summed E-state index contributed by atoms with van der Waals surface area (Å²) < 4.78 is 0. The van der Waals surface area contributed by atoms with Crippen LogP contribution in [0.4, 0.5) is 11.4 Å². The van der Waals surface area contributed by atoms with E-state index in [4.69, 9.17) is 0 Å². The molecule has 0 unspecified atom stereocenters. The van der Waals surface area contributed by atoms with Gasteiger partial charge in [0, 0.05) is 17.7 Å². The molecule has 8 heteroatoms. The first kappa shape index (κ1) is 19.4. The average molecular weight is 337 g/mol. The Kier molecular flexibility index (Phi) is 7.16. The Morgan fingerprint density at radius 2 is 2.00 bits per heavy atom. The van der Waals surface area contributed by atoms with Crippen molar-refractivity contribution in [2.45, 2.75) is 52.1 Å². The number of carboxylic acids is 1. The maximum Gasteiger partial charge on any atom is 0.326 e. The molecule has 24 heavy (non-hydrogen) atoms. The normalized spacial score (nSPS) is 11.8. The molecule has 0 bridgehead atoms. The number of carbonyl (C=O) groups is 2. The van der Waals surface area contributed by atoms with Crippen molar-refractivity contribution < 1.29 is 19.6 Å². The van der Waals surface area contributed by atoms with Gasteiger partial charge in [0.2, 0.25) is 0 Å². The number of benzene rings is 1. The van der Waals surface area contributed by atoms with Crippen molar-refractivity contribution in [1.82, 2.24) is 5.32 Å². The Morgan fingerprint density at radius 1 is 1.33 bits per heavy atom. The smallest absolute Gasteiger partial charge is 0.326 e. The molecule has 0 saturated carbocycles. The Bertz CT molecular complexity index is 616. The summed E-state index contributed by atoms with van der Waals surface area (Å²) in [6, 6.07) is 2.94. The molecule has 0 spiro atoms. The third kappa shape index (κ3) is 5.53. The van der Waals surface area contributed by atoms with E-state index < -0.39 is 22.8 Å². The molecule has 0 aromatic heterocycles. The first-order valence-corrected chi connectivity index (χ1v) is 7.84. The van der Waals surface area contributed by atoms with Crippen LogP contribution in [0.3, 0.4) is 0 Å². The fourth-order valence-electron chi connectivity index (χ4n) is 2.14. The maximum atomic E-state index is 12.0. The first-order valence-electron chi connectivity index (χ1n) is 7.84. The van der Waals surface area contributed by atoms with Gasteiger partial charge in [-0.3, -0.25) is 14.9 Å². The van der Waals surface area contributed by atoms with Gasteiger partial charge in [-0.25, -0.2) is 4.79 Å². The van der Waals surface area contributed by atoms with Gasteiger partial charge in [-0.15, -0.1) is 0 Å². The second-order valence-electron chi connectivity index (χ2n) is 5.79. The second-order valence-corrected chi connectivity index (χ2v) is 5.79. The maximum absolute atomic E-state index is 12.0. The molecule has 0 saturated heterocycles. The molecular weight excluding hydrogens is 314 g/mol. The van der Waals surface area contributed by atoms with E-state index in [1.54, 1.807) is 13.8 Å². The standard InChI is InChI=1S/C16H23N3O5/c1-4-5-6-13(16(21)22)18-12-8-7-11(9-14(12)19(23)24)15(20)17-10(2)3/h7-10,13,18H,4-6H2,1-3H3,(H,17,20)(H,21,22)/t13-/m0/s1. The molecule has 8 nitrogen and oxygen atoms in total. The minimum Gasteiger partial charge on any atom is -0.480 e. The summed E-state index contributed by atoms with van der Waals surface area (Å²) >= 11 is 0. The van der Waals surface area contributed by atoms with Gasteiger partial charge >= 0.3 is 5.97 Å². The molecule has 0 fully saturated rings. The summed E-state index contributed by atoms with van der Waals surface area (Å²) in [6.07, 6.45) is 1.87. The number of nitrogens with one attached hydrogen (secondary N) is 2. The lowest BCUT2D eigenvalue weighted by Crippen LogP contribution is -2.31. The van der Waals surface area contributed by atoms with Crippen molar-refractivity contribution >= 4 is 23.3 Å². The van der Waals surface area contributed by atoms with E-state index in [9.17, 15) is 24.8 Å². The van der Waals surface area contributed by atoms with Gasteiger partial charge in [0.05, 0.1) is 4.92 Å². The highest BCUT2D eigenvalue weighted by Crippen LogP contribution is 2.27. The number of nitro benzene ring substituents is 1. The van der Waals surface area contributed by atoms with Crippen LogP contribution in [0.5, 0.6) is 0 Å². The van der Waals surface area contributed by atoms with E-state index in [0.717, 1.165) is 12.5 Å². The van der Waals surface area contributed by atoms with Gasteiger partial charge in [-0.2, -0.15) is 0 Å². The predicted molar refractivity (Wildman–Crippen MR) is 90.3 cm³/mol. The SMILES string of the molecule is CCCC[C@H](Nc1ccc(C(=O)NC(C)C)cc1[N+](=O)[O-])C(=O)O. The highest BCUT2D eigenvalue weighted by molar-refractivity contribution is 5.96. The number of rotatable bonds is 9. The van der Waals surface area contributed by atoms with E-state index >= 15 is 0 Å². The number of aliphatic carboxylic acids is 1. The number of amides is 1. The van der Waals surface area contributed by atoms with Crippen molar-refractivity contribution in [2.75, 3.05) is 5.32 Å². The van der Waals surface area contributed by atoms with Crippen molar-refractivity contribution in [2.24, 2.45) is 0 Å². The molecule has 0 aliphatic rings. The fraction of sp³-hybridized carbons (Fsp3) is 0.500. The van der Waals surface area contributed by atoms with Gasteiger partial charge < -0.3 is 15.7 Å². The zero-order chi connectivity index (χ0) is 18.3. The number of nitrogens with zero attached hydrogens (tertiary/aromatic N) is 1. The van der Waals surface area contributed by atoms with Gasteiger partial charge in [-0.05, 0) is 32.4 Å².